The van der Waals surface area contributed by atoms with Crippen LogP contribution in [-0.4, -0.2) is 35.8 Å². The minimum absolute atomic E-state index is 0.0189. The van der Waals surface area contributed by atoms with Crippen LogP contribution in [0.25, 0.3) is 0 Å². The number of benzene rings is 1. The lowest BCUT2D eigenvalue weighted by molar-refractivity contribution is 0.0573. The van der Waals surface area contributed by atoms with Crippen LogP contribution in [0.4, 0.5) is 5.69 Å². The summed E-state index contributed by atoms with van der Waals surface area (Å²) in [5.41, 5.74) is 7.08. The van der Waals surface area contributed by atoms with Gasteiger partial charge in [-0.3, -0.25) is 9.59 Å². The molecule has 1 aliphatic heterocycles. The van der Waals surface area contributed by atoms with Gasteiger partial charge in [-0.25, -0.2) is 0 Å². The number of nitrogens with zero attached hydrogens (tertiary/aromatic N) is 1. The molecule has 0 aliphatic carbocycles. The summed E-state index contributed by atoms with van der Waals surface area (Å²) in [6.07, 6.45) is 1.94. The summed E-state index contributed by atoms with van der Waals surface area (Å²) in [7, 11) is 0. The monoisotopic (exact) mass is 357 g/mol. The number of rotatable bonds is 4. The molecule has 0 spiro atoms. The smallest absolute Gasteiger partial charge is 0.265 e. The lowest BCUT2D eigenvalue weighted by Gasteiger charge is -2.38. The van der Waals surface area contributed by atoms with Crippen LogP contribution in [0.5, 0.6) is 0 Å². The van der Waals surface area contributed by atoms with Crippen molar-refractivity contribution in [3.8, 4) is 0 Å². The van der Waals surface area contributed by atoms with Crippen LogP contribution in [0.1, 0.15) is 39.8 Å². The number of hydrogen-bond donors (Lipinski definition) is 2. The fraction of sp³-hybridized carbons (Fsp3) is 0.368. The Morgan fingerprint density at radius 1 is 1.32 bits per heavy atom. The Labute approximate surface area is 151 Å². The maximum atomic E-state index is 12.9. The molecule has 1 aliphatic rings. The molecule has 0 saturated carbocycles. The maximum absolute atomic E-state index is 12.9. The van der Waals surface area contributed by atoms with E-state index in [1.54, 1.807) is 30.3 Å². The second-order valence-corrected chi connectivity index (χ2v) is 7.48. The maximum Gasteiger partial charge on any atom is 0.265 e. The highest BCUT2D eigenvalue weighted by Crippen LogP contribution is 2.24. The molecule has 0 bridgehead atoms. The predicted molar refractivity (Wildman–Crippen MR) is 101 cm³/mol. The SMILES string of the molecule is CC1CCN(C(=O)c2cccc(NC(=O)c3cccs3)c2)C(CN)C1. The highest BCUT2D eigenvalue weighted by molar-refractivity contribution is 7.12. The van der Waals surface area contributed by atoms with Crippen LogP contribution in [-0.2, 0) is 0 Å². The second-order valence-electron chi connectivity index (χ2n) is 6.53. The van der Waals surface area contributed by atoms with Gasteiger partial charge in [0.05, 0.1) is 4.88 Å². The van der Waals surface area contributed by atoms with Crippen LogP contribution in [0.3, 0.4) is 0 Å². The molecule has 2 atom stereocenters. The van der Waals surface area contributed by atoms with E-state index in [2.05, 4.69) is 12.2 Å². The molecule has 2 unspecified atom stereocenters. The van der Waals surface area contributed by atoms with Crippen molar-refractivity contribution in [3.63, 3.8) is 0 Å². The van der Waals surface area contributed by atoms with Crippen molar-refractivity contribution in [2.45, 2.75) is 25.8 Å². The molecule has 3 N–H and O–H groups in total. The number of amides is 2. The third kappa shape index (κ3) is 4.08. The number of thiophene rings is 1. The molecule has 1 aromatic carbocycles. The molecule has 1 saturated heterocycles. The Bertz CT molecular complexity index is 745. The lowest BCUT2D eigenvalue weighted by atomic mass is 9.92. The highest BCUT2D eigenvalue weighted by Gasteiger charge is 2.29. The summed E-state index contributed by atoms with van der Waals surface area (Å²) in [4.78, 5) is 27.6. The molecule has 2 heterocycles. The molecule has 132 valence electrons. The number of nitrogens with one attached hydrogen (secondary N) is 1. The van der Waals surface area contributed by atoms with Gasteiger partial charge in [0.2, 0.25) is 0 Å². The summed E-state index contributed by atoms with van der Waals surface area (Å²) in [6.45, 7) is 3.41. The molecule has 2 amide bonds. The van der Waals surface area contributed by atoms with E-state index in [-0.39, 0.29) is 17.9 Å². The van der Waals surface area contributed by atoms with E-state index in [1.165, 1.54) is 11.3 Å². The van der Waals surface area contributed by atoms with Gasteiger partial charge in [0.15, 0.2) is 0 Å². The van der Waals surface area contributed by atoms with Gasteiger partial charge in [-0.15, -0.1) is 11.3 Å². The topological polar surface area (TPSA) is 75.4 Å². The van der Waals surface area contributed by atoms with Crippen molar-refractivity contribution < 1.29 is 9.59 Å². The van der Waals surface area contributed by atoms with Gasteiger partial charge in [0, 0.05) is 30.4 Å². The van der Waals surface area contributed by atoms with Crippen LogP contribution in [0.15, 0.2) is 41.8 Å². The van der Waals surface area contributed by atoms with Gasteiger partial charge in [-0.2, -0.15) is 0 Å². The first-order chi connectivity index (χ1) is 12.1. The van der Waals surface area contributed by atoms with Crippen molar-refractivity contribution in [1.29, 1.82) is 0 Å². The van der Waals surface area contributed by atoms with Crippen LogP contribution in [0.2, 0.25) is 0 Å². The Kier molecular flexibility index (Phi) is 5.50. The fourth-order valence-electron chi connectivity index (χ4n) is 3.24. The van der Waals surface area contributed by atoms with E-state index in [0.717, 1.165) is 19.4 Å². The molecule has 0 radical (unpaired) electrons. The first-order valence-corrected chi connectivity index (χ1v) is 9.42. The zero-order valence-corrected chi connectivity index (χ0v) is 15.1. The highest BCUT2D eigenvalue weighted by atomic mass is 32.1. The minimum Gasteiger partial charge on any atom is -0.334 e. The summed E-state index contributed by atoms with van der Waals surface area (Å²) < 4.78 is 0. The molecular formula is C19H23N3O2S. The number of anilines is 1. The van der Waals surface area contributed by atoms with Crippen molar-refractivity contribution in [2.75, 3.05) is 18.4 Å². The Morgan fingerprint density at radius 2 is 2.16 bits per heavy atom. The van der Waals surface area contributed by atoms with Gasteiger partial charge in [0.1, 0.15) is 0 Å². The fourth-order valence-corrected chi connectivity index (χ4v) is 3.86. The van der Waals surface area contributed by atoms with E-state index in [9.17, 15) is 9.59 Å². The Hall–Kier alpha value is -2.18. The van der Waals surface area contributed by atoms with Crippen LogP contribution < -0.4 is 11.1 Å². The van der Waals surface area contributed by atoms with Gasteiger partial charge < -0.3 is 16.0 Å². The second kappa shape index (κ2) is 7.80. The number of hydrogen-bond acceptors (Lipinski definition) is 4. The van der Waals surface area contributed by atoms with E-state index in [1.807, 2.05) is 16.3 Å². The van der Waals surface area contributed by atoms with E-state index < -0.39 is 0 Å². The standard InChI is InChI=1S/C19H23N3O2S/c1-13-7-8-22(16(10-13)12-20)19(24)14-4-2-5-15(11-14)21-18(23)17-6-3-9-25-17/h2-6,9,11,13,16H,7-8,10,12,20H2,1H3,(H,21,23). The predicted octanol–water partition coefficient (Wildman–Crippen LogP) is 3.20. The molecule has 1 aromatic heterocycles. The number of piperidine rings is 1. The first-order valence-electron chi connectivity index (χ1n) is 8.54. The third-order valence-electron chi connectivity index (χ3n) is 4.62. The average Bonchev–Trinajstić information content (AvgIpc) is 3.16. The number of carbonyl (C=O) groups excluding carboxylic acids is 2. The third-order valence-corrected chi connectivity index (χ3v) is 5.49. The molecule has 25 heavy (non-hydrogen) atoms. The van der Waals surface area contributed by atoms with Crippen LogP contribution in [0, 0.1) is 5.92 Å². The summed E-state index contributed by atoms with van der Waals surface area (Å²) in [6, 6.07) is 10.8. The lowest BCUT2D eigenvalue weighted by Crippen LogP contribution is -2.49. The minimum atomic E-state index is -0.161. The number of likely N-dealkylation sites (tertiary alicyclic amines) is 1. The first kappa shape index (κ1) is 17.6. The average molecular weight is 357 g/mol. The van der Waals surface area contributed by atoms with Crippen molar-refractivity contribution >= 4 is 28.8 Å². The summed E-state index contributed by atoms with van der Waals surface area (Å²) in [5, 5.41) is 4.71. The van der Waals surface area contributed by atoms with Gasteiger partial charge >= 0.3 is 0 Å². The Balaban J connectivity index is 1.74. The largest absolute Gasteiger partial charge is 0.334 e. The summed E-state index contributed by atoms with van der Waals surface area (Å²) >= 11 is 1.39. The zero-order valence-electron chi connectivity index (χ0n) is 14.3. The van der Waals surface area contributed by atoms with E-state index >= 15 is 0 Å². The Morgan fingerprint density at radius 3 is 2.88 bits per heavy atom. The van der Waals surface area contributed by atoms with Crippen molar-refractivity contribution in [3.05, 3.63) is 52.2 Å². The molecule has 3 rings (SSSR count). The van der Waals surface area contributed by atoms with E-state index in [4.69, 9.17) is 5.73 Å². The van der Waals surface area contributed by atoms with Gasteiger partial charge in [0.25, 0.3) is 11.8 Å². The molecule has 1 fully saturated rings. The number of carbonyl (C=O) groups is 2. The molecular weight excluding hydrogens is 334 g/mol. The molecule has 6 heteroatoms. The molecule has 5 nitrogen and oxygen atoms in total. The van der Waals surface area contributed by atoms with Crippen molar-refractivity contribution in [1.82, 2.24) is 4.90 Å². The van der Waals surface area contributed by atoms with Crippen LogP contribution >= 0.6 is 11.3 Å². The normalized spacial score (nSPS) is 20.3. The van der Waals surface area contributed by atoms with Gasteiger partial charge in [-0.1, -0.05) is 19.1 Å². The quantitative estimate of drug-likeness (QED) is 0.882. The zero-order chi connectivity index (χ0) is 17.8. The van der Waals surface area contributed by atoms with Crippen molar-refractivity contribution in [2.24, 2.45) is 11.7 Å². The number of nitrogens with two attached hydrogens (primary N) is 1. The van der Waals surface area contributed by atoms with E-state index in [0.29, 0.717) is 28.6 Å². The van der Waals surface area contributed by atoms with Gasteiger partial charge in [-0.05, 0) is 48.4 Å². The molecule has 2 aromatic rings. The summed E-state index contributed by atoms with van der Waals surface area (Å²) in [5.74, 6) is 0.412.